The van der Waals surface area contributed by atoms with E-state index in [2.05, 4.69) is 14.9 Å². The number of halogens is 2. The molecule has 2 aliphatic rings. The lowest BCUT2D eigenvalue weighted by Gasteiger charge is -2.27. The number of ether oxygens (including phenoxy) is 1. The van der Waals surface area contributed by atoms with Gasteiger partial charge >= 0.3 is 0 Å². The Bertz CT molecular complexity index is 345. The highest BCUT2D eigenvalue weighted by Crippen LogP contribution is 2.13. The molecule has 0 spiro atoms. The number of hydrogen-bond donors (Lipinski definition) is 2. The van der Waals surface area contributed by atoms with Crippen LogP contribution in [0.4, 0.5) is 0 Å². The Hall–Kier alpha value is 0.370. The van der Waals surface area contributed by atoms with Crippen molar-refractivity contribution in [3.8, 4) is 0 Å². The van der Waals surface area contributed by atoms with Gasteiger partial charge in [0.25, 0.3) is 0 Å². The van der Waals surface area contributed by atoms with Crippen molar-refractivity contribution in [1.29, 1.82) is 0 Å². The summed E-state index contributed by atoms with van der Waals surface area (Å²) in [6, 6.07) is 0. The SMILES string of the molecule is Cl.Cl.O=S(=O)(CC1CCOC1)NCCN1CCNCC1. The molecular weight excluding hydrogens is 325 g/mol. The van der Waals surface area contributed by atoms with Gasteiger partial charge in [0.1, 0.15) is 0 Å². The normalized spacial score (nSPS) is 23.9. The third kappa shape index (κ3) is 7.40. The van der Waals surface area contributed by atoms with Crippen LogP contribution in [-0.2, 0) is 14.8 Å². The number of rotatable bonds is 6. The first-order valence-electron chi connectivity index (χ1n) is 6.64. The molecule has 2 fully saturated rings. The van der Waals surface area contributed by atoms with Crippen LogP contribution in [0.5, 0.6) is 0 Å². The Labute approximate surface area is 133 Å². The van der Waals surface area contributed by atoms with Crippen molar-refractivity contribution in [2.75, 3.05) is 58.2 Å². The number of piperazine rings is 1. The molecule has 2 aliphatic heterocycles. The molecule has 0 aromatic carbocycles. The summed E-state index contributed by atoms with van der Waals surface area (Å²) >= 11 is 0. The fraction of sp³-hybridized carbons (Fsp3) is 1.00. The molecule has 20 heavy (non-hydrogen) atoms. The molecule has 9 heteroatoms. The van der Waals surface area contributed by atoms with Gasteiger partial charge in [0.05, 0.1) is 12.4 Å². The van der Waals surface area contributed by atoms with E-state index in [1.165, 1.54) is 0 Å². The van der Waals surface area contributed by atoms with Crippen LogP contribution in [0.25, 0.3) is 0 Å². The molecule has 122 valence electrons. The highest BCUT2D eigenvalue weighted by atomic mass is 35.5. The maximum atomic E-state index is 11.8. The van der Waals surface area contributed by atoms with Crippen molar-refractivity contribution in [2.24, 2.45) is 5.92 Å². The van der Waals surface area contributed by atoms with E-state index in [0.29, 0.717) is 19.8 Å². The molecule has 6 nitrogen and oxygen atoms in total. The van der Waals surface area contributed by atoms with E-state index in [0.717, 1.165) is 39.1 Å². The lowest BCUT2D eigenvalue weighted by atomic mass is 10.2. The number of nitrogens with one attached hydrogen (secondary N) is 2. The maximum Gasteiger partial charge on any atom is 0.211 e. The lowest BCUT2D eigenvalue weighted by Crippen LogP contribution is -2.46. The third-order valence-electron chi connectivity index (χ3n) is 3.44. The fourth-order valence-electron chi connectivity index (χ4n) is 2.38. The van der Waals surface area contributed by atoms with E-state index >= 15 is 0 Å². The van der Waals surface area contributed by atoms with Gasteiger partial charge in [0.15, 0.2) is 0 Å². The molecule has 2 saturated heterocycles. The standard InChI is InChI=1S/C11H23N3O3S.2ClH/c15-18(16,10-11-1-8-17-9-11)13-4-7-14-5-2-12-3-6-14;;/h11-13H,1-10H2;2*1H. The first kappa shape index (κ1) is 20.4. The molecule has 0 amide bonds. The zero-order chi connectivity index (χ0) is 12.8. The Balaban J connectivity index is 0.00000180. The van der Waals surface area contributed by atoms with Crippen molar-refractivity contribution < 1.29 is 13.2 Å². The molecule has 0 aromatic rings. The minimum absolute atomic E-state index is 0. The minimum atomic E-state index is -3.14. The molecule has 1 unspecified atom stereocenters. The zero-order valence-electron chi connectivity index (χ0n) is 11.5. The van der Waals surface area contributed by atoms with Crippen LogP contribution in [0, 0.1) is 5.92 Å². The van der Waals surface area contributed by atoms with E-state index < -0.39 is 10.0 Å². The lowest BCUT2D eigenvalue weighted by molar-refractivity contribution is 0.188. The van der Waals surface area contributed by atoms with E-state index in [9.17, 15) is 8.42 Å². The number of sulfonamides is 1. The second-order valence-electron chi connectivity index (χ2n) is 5.00. The molecule has 0 saturated carbocycles. The van der Waals surface area contributed by atoms with Crippen molar-refractivity contribution in [2.45, 2.75) is 6.42 Å². The largest absolute Gasteiger partial charge is 0.381 e. The first-order chi connectivity index (χ1) is 8.66. The smallest absolute Gasteiger partial charge is 0.211 e. The summed E-state index contributed by atoms with van der Waals surface area (Å²) in [5.41, 5.74) is 0. The van der Waals surface area contributed by atoms with Gasteiger partial charge in [-0.15, -0.1) is 24.8 Å². The summed E-state index contributed by atoms with van der Waals surface area (Å²) in [4.78, 5) is 2.28. The van der Waals surface area contributed by atoms with Crippen LogP contribution in [0.2, 0.25) is 0 Å². The molecule has 0 bridgehead atoms. The summed E-state index contributed by atoms with van der Waals surface area (Å²) in [6.07, 6.45) is 0.860. The summed E-state index contributed by atoms with van der Waals surface area (Å²) < 4.78 is 31.5. The summed E-state index contributed by atoms with van der Waals surface area (Å²) in [6.45, 7) is 6.56. The van der Waals surface area contributed by atoms with Crippen LogP contribution in [-0.4, -0.2) is 71.6 Å². The van der Waals surface area contributed by atoms with E-state index in [-0.39, 0.29) is 36.5 Å². The number of hydrogen-bond acceptors (Lipinski definition) is 5. The molecular formula is C11H25Cl2N3O3S. The van der Waals surface area contributed by atoms with Crippen molar-refractivity contribution in [3.63, 3.8) is 0 Å². The Morgan fingerprint density at radius 2 is 1.95 bits per heavy atom. The van der Waals surface area contributed by atoms with Gasteiger partial charge < -0.3 is 10.1 Å². The van der Waals surface area contributed by atoms with E-state index in [1.807, 2.05) is 0 Å². The first-order valence-corrected chi connectivity index (χ1v) is 8.29. The average Bonchev–Trinajstić information content (AvgIpc) is 2.82. The summed E-state index contributed by atoms with van der Waals surface area (Å²) in [5.74, 6) is 0.371. The average molecular weight is 350 g/mol. The van der Waals surface area contributed by atoms with Crippen molar-refractivity contribution in [3.05, 3.63) is 0 Å². The second-order valence-corrected chi connectivity index (χ2v) is 6.85. The quantitative estimate of drug-likeness (QED) is 0.688. The zero-order valence-corrected chi connectivity index (χ0v) is 14.0. The number of nitrogens with zero attached hydrogens (tertiary/aromatic N) is 1. The van der Waals surface area contributed by atoms with Crippen LogP contribution in [0.3, 0.4) is 0 Å². The van der Waals surface area contributed by atoms with Gasteiger partial charge in [-0.3, -0.25) is 4.90 Å². The fourth-order valence-corrected chi connectivity index (χ4v) is 3.78. The van der Waals surface area contributed by atoms with Gasteiger partial charge in [0, 0.05) is 45.9 Å². The minimum Gasteiger partial charge on any atom is -0.381 e. The van der Waals surface area contributed by atoms with Gasteiger partial charge in [-0.05, 0) is 12.3 Å². The molecule has 2 heterocycles. The second kappa shape index (κ2) is 10.2. The van der Waals surface area contributed by atoms with E-state index in [4.69, 9.17) is 4.74 Å². The van der Waals surface area contributed by atoms with Gasteiger partial charge in [-0.1, -0.05) is 0 Å². The highest BCUT2D eigenvalue weighted by molar-refractivity contribution is 7.89. The Morgan fingerprint density at radius 1 is 1.25 bits per heavy atom. The summed E-state index contributed by atoms with van der Waals surface area (Å²) in [5, 5.41) is 3.28. The topological polar surface area (TPSA) is 70.7 Å². The van der Waals surface area contributed by atoms with E-state index in [1.54, 1.807) is 0 Å². The highest BCUT2D eigenvalue weighted by Gasteiger charge is 2.23. The monoisotopic (exact) mass is 349 g/mol. The predicted octanol–water partition coefficient (Wildman–Crippen LogP) is -0.309. The van der Waals surface area contributed by atoms with Crippen LogP contribution >= 0.6 is 24.8 Å². The summed E-state index contributed by atoms with van der Waals surface area (Å²) in [7, 11) is -3.14. The molecule has 0 aromatic heterocycles. The molecule has 2 N–H and O–H groups in total. The Morgan fingerprint density at radius 3 is 2.55 bits per heavy atom. The Kier molecular flexibility index (Phi) is 10.3. The van der Waals surface area contributed by atoms with Gasteiger partial charge in [-0.25, -0.2) is 13.1 Å². The molecule has 0 aliphatic carbocycles. The maximum absolute atomic E-state index is 11.8. The van der Waals surface area contributed by atoms with Crippen molar-refractivity contribution >= 4 is 34.8 Å². The van der Waals surface area contributed by atoms with Crippen LogP contribution in [0.15, 0.2) is 0 Å². The van der Waals surface area contributed by atoms with Crippen LogP contribution in [0.1, 0.15) is 6.42 Å². The van der Waals surface area contributed by atoms with Gasteiger partial charge in [0.2, 0.25) is 10.0 Å². The third-order valence-corrected chi connectivity index (χ3v) is 4.99. The molecule has 1 atom stereocenters. The predicted molar refractivity (Wildman–Crippen MR) is 84.5 cm³/mol. The van der Waals surface area contributed by atoms with Crippen molar-refractivity contribution in [1.82, 2.24) is 14.9 Å². The molecule has 0 radical (unpaired) electrons. The van der Waals surface area contributed by atoms with Gasteiger partial charge in [-0.2, -0.15) is 0 Å². The van der Waals surface area contributed by atoms with Crippen LogP contribution < -0.4 is 10.0 Å². The molecule has 2 rings (SSSR count).